The van der Waals surface area contributed by atoms with Gasteiger partial charge in [-0.1, -0.05) is 0 Å². The molecule has 29 heavy (non-hydrogen) atoms. The summed E-state index contributed by atoms with van der Waals surface area (Å²) < 4.78 is 75.3. The van der Waals surface area contributed by atoms with Gasteiger partial charge >= 0.3 is 0 Å². The zero-order valence-electron chi connectivity index (χ0n) is 15.3. The molecule has 2 aromatic rings. The minimum atomic E-state index is -2.15. The highest BCUT2D eigenvalue weighted by molar-refractivity contribution is 7.97. The van der Waals surface area contributed by atoms with Crippen molar-refractivity contribution in [2.75, 3.05) is 31.2 Å². The van der Waals surface area contributed by atoms with E-state index in [2.05, 4.69) is 9.88 Å². The molecule has 2 heterocycles. The molecular formula is C19H18F5N3OS. The maximum absolute atomic E-state index is 14.0. The van der Waals surface area contributed by atoms with E-state index in [1.165, 1.54) is 0 Å². The van der Waals surface area contributed by atoms with E-state index in [1.54, 1.807) is 16.6 Å². The number of pyridine rings is 1. The molecule has 1 aliphatic carbocycles. The van der Waals surface area contributed by atoms with Crippen molar-refractivity contribution in [1.82, 2.24) is 9.29 Å². The van der Waals surface area contributed by atoms with Gasteiger partial charge in [-0.25, -0.2) is 26.3 Å². The number of hydrogen-bond acceptors (Lipinski definition) is 5. The first-order chi connectivity index (χ1) is 14.0. The van der Waals surface area contributed by atoms with Gasteiger partial charge in [0.2, 0.25) is 5.82 Å². The lowest BCUT2D eigenvalue weighted by Crippen LogP contribution is -2.36. The topological polar surface area (TPSA) is 28.6 Å². The smallest absolute Gasteiger partial charge is 0.200 e. The molecule has 0 radical (unpaired) electrons. The maximum Gasteiger partial charge on any atom is 0.200 e. The summed E-state index contributed by atoms with van der Waals surface area (Å²) in [4.78, 5) is 5.66. The van der Waals surface area contributed by atoms with Gasteiger partial charge in [0.25, 0.3) is 0 Å². The van der Waals surface area contributed by atoms with Crippen LogP contribution in [0.2, 0.25) is 0 Å². The van der Waals surface area contributed by atoms with Gasteiger partial charge in [-0.15, -0.1) is 0 Å². The second kappa shape index (κ2) is 8.45. The predicted molar refractivity (Wildman–Crippen MR) is 97.9 cm³/mol. The van der Waals surface area contributed by atoms with Crippen LogP contribution in [0.15, 0.2) is 23.2 Å². The zero-order chi connectivity index (χ0) is 20.5. The fraction of sp³-hybridized carbons (Fsp3) is 0.421. The molecule has 1 saturated heterocycles. The van der Waals surface area contributed by atoms with E-state index in [-0.39, 0.29) is 12.6 Å². The highest BCUT2D eigenvalue weighted by atomic mass is 32.2. The van der Waals surface area contributed by atoms with Crippen LogP contribution in [0.1, 0.15) is 18.5 Å². The van der Waals surface area contributed by atoms with Crippen molar-refractivity contribution in [3.05, 3.63) is 53.1 Å². The third kappa shape index (κ3) is 4.34. The molecule has 2 fully saturated rings. The van der Waals surface area contributed by atoms with Gasteiger partial charge in [-0.3, -0.25) is 4.98 Å². The van der Waals surface area contributed by atoms with Crippen LogP contribution < -0.4 is 4.90 Å². The van der Waals surface area contributed by atoms with E-state index in [1.807, 2.05) is 6.07 Å². The molecule has 0 unspecified atom stereocenters. The molecule has 1 aromatic heterocycles. The Morgan fingerprint density at radius 3 is 2.14 bits per heavy atom. The van der Waals surface area contributed by atoms with E-state index in [4.69, 9.17) is 4.74 Å². The molecule has 0 bridgehead atoms. The summed E-state index contributed by atoms with van der Waals surface area (Å²) >= 11 is 0.546. The Bertz CT molecular complexity index is 859. The van der Waals surface area contributed by atoms with Gasteiger partial charge in [0.15, 0.2) is 23.3 Å². The molecular weight excluding hydrogens is 413 g/mol. The molecule has 0 N–H and O–H groups in total. The normalized spacial score (nSPS) is 17.2. The standard InChI is InChI=1S/C19H18F5N3OS/c20-14-15(21)17(23)19(18(24)16(14)22)29-27(12-3-4-12)10-11-1-2-13(9-25-11)26-5-7-28-8-6-26/h1-2,9,12H,3-8,10H2. The van der Waals surface area contributed by atoms with Crippen LogP contribution in [-0.2, 0) is 11.3 Å². The van der Waals surface area contributed by atoms with E-state index in [0.29, 0.717) is 30.9 Å². The molecule has 0 amide bonds. The predicted octanol–water partition coefficient (Wildman–Crippen LogP) is 4.29. The Morgan fingerprint density at radius 1 is 0.966 bits per heavy atom. The van der Waals surface area contributed by atoms with Gasteiger partial charge in [-0.2, -0.15) is 0 Å². The summed E-state index contributed by atoms with van der Waals surface area (Å²) in [6.07, 6.45) is 3.29. The molecule has 0 spiro atoms. The first-order valence-electron chi connectivity index (χ1n) is 9.19. The lowest BCUT2D eigenvalue weighted by Gasteiger charge is -2.28. The first kappa shape index (κ1) is 20.4. The number of benzene rings is 1. The van der Waals surface area contributed by atoms with Crippen molar-refractivity contribution >= 4 is 17.6 Å². The van der Waals surface area contributed by atoms with Crippen molar-refractivity contribution in [2.45, 2.75) is 30.3 Å². The van der Waals surface area contributed by atoms with Crippen molar-refractivity contribution in [1.29, 1.82) is 0 Å². The molecule has 1 aromatic carbocycles. The molecule has 10 heteroatoms. The van der Waals surface area contributed by atoms with E-state index < -0.39 is 34.0 Å². The number of rotatable bonds is 6. The fourth-order valence-electron chi connectivity index (χ4n) is 3.06. The number of halogens is 5. The van der Waals surface area contributed by atoms with Crippen LogP contribution in [0.3, 0.4) is 0 Å². The van der Waals surface area contributed by atoms with Gasteiger partial charge < -0.3 is 9.64 Å². The average Bonchev–Trinajstić information content (AvgIpc) is 3.59. The van der Waals surface area contributed by atoms with Gasteiger partial charge in [-0.05, 0) is 36.9 Å². The van der Waals surface area contributed by atoms with Crippen molar-refractivity contribution in [2.24, 2.45) is 0 Å². The van der Waals surface area contributed by atoms with Crippen molar-refractivity contribution in [3.8, 4) is 0 Å². The summed E-state index contributed by atoms with van der Waals surface area (Å²) in [5, 5.41) is 0. The van der Waals surface area contributed by atoms with Crippen LogP contribution in [0.25, 0.3) is 0 Å². The number of hydrogen-bond donors (Lipinski definition) is 0. The average molecular weight is 431 g/mol. The van der Waals surface area contributed by atoms with E-state index in [0.717, 1.165) is 31.6 Å². The Hall–Kier alpha value is -1.91. The Balaban J connectivity index is 1.51. The van der Waals surface area contributed by atoms with Crippen LogP contribution in [0.4, 0.5) is 27.6 Å². The summed E-state index contributed by atoms with van der Waals surface area (Å²) in [7, 11) is 0. The van der Waals surface area contributed by atoms with Crippen LogP contribution >= 0.6 is 11.9 Å². The molecule has 0 atom stereocenters. The summed E-state index contributed by atoms with van der Waals surface area (Å²) in [5.41, 5.74) is 1.59. The fourth-order valence-corrected chi connectivity index (χ4v) is 4.19. The molecule has 156 valence electrons. The summed E-state index contributed by atoms with van der Waals surface area (Å²) in [6, 6.07) is 3.71. The third-order valence-corrected chi connectivity index (χ3v) is 6.04. The largest absolute Gasteiger partial charge is 0.378 e. The van der Waals surface area contributed by atoms with Crippen LogP contribution in [0.5, 0.6) is 0 Å². The first-order valence-corrected chi connectivity index (χ1v) is 9.96. The van der Waals surface area contributed by atoms with E-state index >= 15 is 0 Å². The Labute approximate surface area is 168 Å². The maximum atomic E-state index is 14.0. The number of aromatic nitrogens is 1. The summed E-state index contributed by atoms with van der Waals surface area (Å²) in [5.74, 6) is -9.65. The van der Waals surface area contributed by atoms with Gasteiger partial charge in [0.05, 0.1) is 37.3 Å². The Kier molecular flexibility index (Phi) is 5.93. The third-order valence-electron chi connectivity index (χ3n) is 4.84. The van der Waals surface area contributed by atoms with Gasteiger partial charge in [0, 0.05) is 19.1 Å². The lowest BCUT2D eigenvalue weighted by molar-refractivity contribution is 0.122. The minimum Gasteiger partial charge on any atom is -0.378 e. The second-order valence-electron chi connectivity index (χ2n) is 6.90. The Morgan fingerprint density at radius 2 is 1.59 bits per heavy atom. The number of anilines is 1. The van der Waals surface area contributed by atoms with Crippen molar-refractivity contribution < 1.29 is 26.7 Å². The van der Waals surface area contributed by atoms with Crippen LogP contribution in [0, 0.1) is 29.1 Å². The molecule has 4 nitrogen and oxygen atoms in total. The zero-order valence-corrected chi connectivity index (χ0v) is 16.1. The number of ether oxygens (including phenoxy) is 1. The van der Waals surface area contributed by atoms with E-state index in [9.17, 15) is 22.0 Å². The summed E-state index contributed by atoms with van der Waals surface area (Å²) in [6.45, 7) is 3.06. The molecule has 1 aliphatic heterocycles. The van der Waals surface area contributed by atoms with Crippen molar-refractivity contribution in [3.63, 3.8) is 0 Å². The SMILES string of the molecule is Fc1c(F)c(F)c(SN(Cc2ccc(N3CCOCC3)cn2)C2CC2)c(F)c1F. The van der Waals surface area contributed by atoms with Crippen LogP contribution in [-0.4, -0.2) is 41.6 Å². The highest BCUT2D eigenvalue weighted by Crippen LogP contribution is 2.40. The quantitative estimate of drug-likeness (QED) is 0.295. The number of morpholine rings is 1. The molecule has 4 rings (SSSR count). The molecule has 1 saturated carbocycles. The van der Waals surface area contributed by atoms with Gasteiger partial charge in [0.1, 0.15) is 4.90 Å². The second-order valence-corrected chi connectivity index (χ2v) is 7.96. The highest BCUT2D eigenvalue weighted by Gasteiger charge is 2.34. The molecule has 2 aliphatic rings. The monoisotopic (exact) mass is 431 g/mol. The number of nitrogens with zero attached hydrogens (tertiary/aromatic N) is 3. The lowest BCUT2D eigenvalue weighted by atomic mass is 10.3. The minimum absolute atomic E-state index is 0.00399.